The van der Waals surface area contributed by atoms with Gasteiger partial charge in [-0.25, -0.2) is 0 Å². The summed E-state index contributed by atoms with van der Waals surface area (Å²) in [5, 5.41) is 47.0. The van der Waals surface area contributed by atoms with Crippen LogP contribution in [0, 0.1) is 18.3 Å². The van der Waals surface area contributed by atoms with Crippen LogP contribution in [0.4, 0.5) is 0 Å². The van der Waals surface area contributed by atoms with Gasteiger partial charge in [-0.2, -0.15) is 10.4 Å². The number of nitrogens with one attached hydrogen (secondary N) is 1. The molecular formula is C39H41ClN6O6. The number of aliphatic carboxylic acids is 1. The maximum atomic E-state index is 11.5. The molecule has 1 saturated heterocycles. The Balaban J connectivity index is 1.23. The maximum Gasteiger partial charge on any atom is 0.323 e. The first-order chi connectivity index (χ1) is 25.2. The minimum Gasteiger partial charge on any atom is -0.493 e. The third kappa shape index (κ3) is 8.70. The van der Waals surface area contributed by atoms with E-state index in [2.05, 4.69) is 40.3 Å². The number of pyridine rings is 1. The first kappa shape index (κ1) is 36.8. The van der Waals surface area contributed by atoms with Gasteiger partial charge in [-0.1, -0.05) is 35.9 Å². The first-order valence-corrected chi connectivity index (χ1v) is 17.5. The van der Waals surface area contributed by atoms with E-state index in [1.54, 1.807) is 18.3 Å². The Morgan fingerprint density at radius 1 is 1.10 bits per heavy atom. The lowest BCUT2D eigenvalue weighted by molar-refractivity contribution is -0.140. The number of benzene rings is 3. The minimum absolute atomic E-state index is 0.0715. The number of fused-ring (bicyclic) bond motifs is 1. The molecule has 5 aromatic rings. The van der Waals surface area contributed by atoms with E-state index >= 15 is 0 Å². The summed E-state index contributed by atoms with van der Waals surface area (Å²) >= 11 is 6.83. The lowest BCUT2D eigenvalue weighted by Gasteiger charge is -2.18. The van der Waals surface area contributed by atoms with Gasteiger partial charge in [-0.3, -0.25) is 19.8 Å². The first-order valence-electron chi connectivity index (χ1n) is 17.2. The van der Waals surface area contributed by atoms with E-state index < -0.39 is 18.6 Å². The number of carbonyl (C=O) groups is 1. The van der Waals surface area contributed by atoms with E-state index in [1.807, 2.05) is 41.2 Å². The summed E-state index contributed by atoms with van der Waals surface area (Å²) < 4.78 is 14.3. The quantitative estimate of drug-likeness (QED) is 0.102. The molecule has 2 atom stereocenters. The molecule has 270 valence electrons. The molecule has 0 bridgehead atoms. The molecular weight excluding hydrogens is 684 g/mol. The number of β-amino-alcohol motifs (C(OH)–C–C–N with tert-alkyl or cyclic N) is 1. The van der Waals surface area contributed by atoms with Crippen LogP contribution in [0.2, 0.25) is 5.02 Å². The van der Waals surface area contributed by atoms with E-state index in [0.717, 1.165) is 71.4 Å². The maximum absolute atomic E-state index is 11.5. The number of likely N-dealkylation sites (tertiary alicyclic amines) is 1. The van der Waals surface area contributed by atoms with Gasteiger partial charge in [0.15, 0.2) is 0 Å². The van der Waals surface area contributed by atoms with Crippen molar-refractivity contribution in [1.29, 1.82) is 5.26 Å². The number of aromatic nitrogens is 3. The Morgan fingerprint density at radius 3 is 2.69 bits per heavy atom. The summed E-state index contributed by atoms with van der Waals surface area (Å²) in [6.45, 7) is 5.13. The predicted octanol–water partition coefficient (Wildman–Crippen LogP) is 4.93. The van der Waals surface area contributed by atoms with Gasteiger partial charge >= 0.3 is 5.97 Å². The summed E-state index contributed by atoms with van der Waals surface area (Å²) in [6.07, 6.45) is 6.42. The highest BCUT2D eigenvalue weighted by molar-refractivity contribution is 6.31. The molecule has 4 N–H and O–H groups in total. The average molecular weight is 725 g/mol. The number of rotatable bonds is 16. The number of halogens is 1. The van der Waals surface area contributed by atoms with Gasteiger partial charge in [0.25, 0.3) is 0 Å². The molecule has 3 aromatic carbocycles. The SMILES string of the molecule is Cc1c(OCCCN2CC[C@@H](O)C2)cccc1-c1cccc2c1cnn2Cc1cc(OCc2cncc(C#N)c2)c(CN[C@@H](CO)C(=O)O)cc1Cl. The van der Waals surface area contributed by atoms with Crippen molar-refractivity contribution in [3.05, 3.63) is 106 Å². The molecule has 0 radical (unpaired) electrons. The second-order valence-corrected chi connectivity index (χ2v) is 13.3. The molecule has 0 spiro atoms. The van der Waals surface area contributed by atoms with Gasteiger partial charge in [-0.05, 0) is 72.4 Å². The molecule has 2 aromatic heterocycles. The molecule has 6 rings (SSSR count). The van der Waals surface area contributed by atoms with Crippen LogP contribution in [0.5, 0.6) is 11.5 Å². The molecule has 0 unspecified atom stereocenters. The summed E-state index contributed by atoms with van der Waals surface area (Å²) in [5.41, 5.74) is 6.44. The summed E-state index contributed by atoms with van der Waals surface area (Å²) in [5.74, 6) is 0.113. The Bertz CT molecular complexity index is 2080. The molecule has 0 aliphatic carbocycles. The van der Waals surface area contributed by atoms with Gasteiger partial charge < -0.3 is 29.7 Å². The highest BCUT2D eigenvalue weighted by atomic mass is 35.5. The van der Waals surface area contributed by atoms with Crippen LogP contribution < -0.4 is 14.8 Å². The summed E-state index contributed by atoms with van der Waals surface area (Å²) in [7, 11) is 0. The zero-order valence-corrected chi connectivity index (χ0v) is 29.6. The third-order valence-corrected chi connectivity index (χ3v) is 9.62. The topological polar surface area (TPSA) is 166 Å². The number of nitrogens with zero attached hydrogens (tertiary/aromatic N) is 5. The van der Waals surface area contributed by atoms with E-state index in [-0.39, 0.29) is 19.3 Å². The second-order valence-electron chi connectivity index (χ2n) is 12.9. The predicted molar refractivity (Wildman–Crippen MR) is 196 cm³/mol. The third-order valence-electron chi connectivity index (χ3n) is 9.27. The Kier molecular flexibility index (Phi) is 12.0. The van der Waals surface area contributed by atoms with Crippen molar-refractivity contribution in [2.45, 2.75) is 51.6 Å². The smallest absolute Gasteiger partial charge is 0.323 e. The number of carboxylic acid groups (broad SMARTS) is 1. The summed E-state index contributed by atoms with van der Waals surface area (Å²) in [4.78, 5) is 17.9. The van der Waals surface area contributed by atoms with Crippen LogP contribution in [0.1, 0.15) is 40.7 Å². The number of nitriles is 1. The fourth-order valence-electron chi connectivity index (χ4n) is 6.46. The minimum atomic E-state index is -1.18. The van der Waals surface area contributed by atoms with Crippen LogP contribution in [0.3, 0.4) is 0 Å². The highest BCUT2D eigenvalue weighted by Crippen LogP contribution is 2.36. The molecule has 0 amide bonds. The fraction of sp³-hybridized carbons (Fsp3) is 0.333. The average Bonchev–Trinajstić information content (AvgIpc) is 3.76. The Morgan fingerprint density at radius 2 is 1.92 bits per heavy atom. The number of hydrogen-bond acceptors (Lipinski definition) is 10. The van der Waals surface area contributed by atoms with Gasteiger partial charge in [0.2, 0.25) is 0 Å². The lowest BCUT2D eigenvalue weighted by Crippen LogP contribution is -2.39. The Hall–Kier alpha value is -5.03. The Labute approximate surface area is 306 Å². The van der Waals surface area contributed by atoms with Crippen molar-refractivity contribution in [2.75, 3.05) is 32.8 Å². The number of aliphatic hydroxyl groups is 2. The van der Waals surface area contributed by atoms with Crippen LogP contribution in [0.25, 0.3) is 22.0 Å². The van der Waals surface area contributed by atoms with E-state index in [4.69, 9.17) is 26.2 Å². The number of hydrogen-bond donors (Lipinski definition) is 4. The van der Waals surface area contributed by atoms with E-state index in [9.17, 15) is 25.4 Å². The van der Waals surface area contributed by atoms with Crippen molar-refractivity contribution in [3.63, 3.8) is 0 Å². The van der Waals surface area contributed by atoms with Gasteiger partial charge in [0.05, 0.1) is 43.1 Å². The molecule has 3 heterocycles. The van der Waals surface area contributed by atoms with Crippen molar-refractivity contribution in [1.82, 2.24) is 25.0 Å². The van der Waals surface area contributed by atoms with Gasteiger partial charge in [0, 0.05) is 60.1 Å². The largest absolute Gasteiger partial charge is 0.493 e. The van der Waals surface area contributed by atoms with E-state index in [1.165, 1.54) is 6.20 Å². The molecule has 1 fully saturated rings. The molecule has 0 saturated carbocycles. The van der Waals surface area contributed by atoms with E-state index in [0.29, 0.717) is 40.6 Å². The van der Waals surface area contributed by atoms with Crippen LogP contribution in [-0.2, 0) is 24.5 Å². The monoisotopic (exact) mass is 724 g/mol. The normalized spacial score (nSPS) is 15.1. The number of ether oxygens (including phenoxy) is 2. The van der Waals surface area contributed by atoms with Gasteiger partial charge in [-0.15, -0.1) is 0 Å². The van der Waals surface area contributed by atoms with Gasteiger partial charge in [0.1, 0.15) is 30.2 Å². The summed E-state index contributed by atoms with van der Waals surface area (Å²) in [6, 6.07) is 18.3. The molecule has 52 heavy (non-hydrogen) atoms. The standard InChI is InChI=1S/C39H41ClN6O6/c1-25-31(5-3-8-37(25)51-12-4-10-45-11-9-30(48)22-45)32-6-2-7-36-33(32)20-44-46(36)21-29-15-38(52-24-27-13-26(16-41)17-42-18-27)28(14-34(29)40)19-43-35(23-47)39(49)50/h2-3,5-8,13-15,17-18,20,30,35,43,47-48H,4,9-12,19,21-24H2,1H3,(H,49,50)/t30-,35+/m1/s1. The molecule has 13 heteroatoms. The van der Waals surface area contributed by atoms with Crippen molar-refractivity contribution in [2.24, 2.45) is 0 Å². The zero-order valence-electron chi connectivity index (χ0n) is 28.8. The molecule has 12 nitrogen and oxygen atoms in total. The lowest BCUT2D eigenvalue weighted by atomic mass is 9.97. The number of aliphatic hydroxyl groups excluding tert-OH is 2. The fourth-order valence-corrected chi connectivity index (χ4v) is 6.70. The zero-order chi connectivity index (χ0) is 36.6. The van der Waals surface area contributed by atoms with Crippen LogP contribution >= 0.6 is 11.6 Å². The second kappa shape index (κ2) is 17.0. The van der Waals surface area contributed by atoms with Crippen LogP contribution in [0.15, 0.2) is 73.2 Å². The highest BCUT2D eigenvalue weighted by Gasteiger charge is 2.21. The molecule has 1 aliphatic rings. The molecule has 1 aliphatic heterocycles. The van der Waals surface area contributed by atoms with Crippen molar-refractivity contribution < 1.29 is 29.6 Å². The van der Waals surface area contributed by atoms with Crippen molar-refractivity contribution >= 4 is 28.5 Å². The number of carboxylic acids is 1. The van der Waals surface area contributed by atoms with Crippen LogP contribution in [-0.4, -0.2) is 85.9 Å². The van der Waals surface area contributed by atoms with Crippen molar-refractivity contribution in [3.8, 4) is 28.7 Å².